The molecule has 5 unspecified atom stereocenters. The summed E-state index contributed by atoms with van der Waals surface area (Å²) in [6.45, 7) is 4.75. The van der Waals surface area contributed by atoms with Gasteiger partial charge >= 0.3 is 39.5 Å². The molecule has 5 atom stereocenters. The summed E-state index contributed by atoms with van der Waals surface area (Å²) in [4.78, 5) is 72.9. The van der Waals surface area contributed by atoms with Gasteiger partial charge in [0.1, 0.15) is 19.3 Å². The van der Waals surface area contributed by atoms with Crippen molar-refractivity contribution >= 4 is 39.5 Å². The lowest BCUT2D eigenvalue weighted by Gasteiger charge is -2.21. The fraction of sp³-hybridized carbons (Fsp3) is 0.778. The van der Waals surface area contributed by atoms with Gasteiger partial charge in [0.05, 0.1) is 26.4 Å². The van der Waals surface area contributed by atoms with Crippen LogP contribution in [0.25, 0.3) is 0 Å². The van der Waals surface area contributed by atoms with Crippen LogP contribution in [0.15, 0.2) is 85.1 Å². The Labute approximate surface area is 608 Å². The number of esters is 4. The SMILES string of the molecule is CCC/C=C\C/C=C\CCCCCCCC(=O)OC(COC(=O)CCCCCCC/C=C\CCCCCCCC)COP(=O)(O)OCC(O)COP(=O)(O)OCC(COC(=O)CCCCCCCC/C=C\C/C=C\C/C=C\CCCCC)OC(=O)CCCCCCC/C=C\CCCCCC. The van der Waals surface area contributed by atoms with Crippen LogP contribution in [0, 0.1) is 0 Å². The molecule has 0 aliphatic rings. The summed E-state index contributed by atoms with van der Waals surface area (Å²) in [7, 11) is -9.96. The molecule has 0 spiro atoms. The van der Waals surface area contributed by atoms with E-state index in [4.69, 9.17) is 37.0 Å². The topological polar surface area (TPSA) is 237 Å². The highest BCUT2D eigenvalue weighted by atomic mass is 31.2. The third kappa shape index (κ3) is 72.6. The number of carbonyl (C=O) groups excluding carboxylic acids is 4. The van der Waals surface area contributed by atoms with Crippen LogP contribution in [0.3, 0.4) is 0 Å². The minimum Gasteiger partial charge on any atom is -0.462 e. The van der Waals surface area contributed by atoms with Crippen LogP contribution >= 0.6 is 15.6 Å². The van der Waals surface area contributed by atoms with E-state index in [1.807, 2.05) is 0 Å². The Bertz CT molecular complexity index is 2230. The number of ether oxygens (including phenoxy) is 4. The summed E-state index contributed by atoms with van der Waals surface area (Å²) in [5.74, 6) is -2.20. The molecule has 0 aromatic heterocycles. The molecule has 19 heteroatoms. The first kappa shape index (κ1) is 96.2. The van der Waals surface area contributed by atoms with E-state index >= 15 is 0 Å². The molecule has 0 aliphatic heterocycles. The first-order valence-corrected chi connectivity index (χ1v) is 42.8. The number of aliphatic hydroxyl groups excluding tert-OH is 1. The number of phosphoric acid groups is 2. The molecule has 3 N–H and O–H groups in total. The average Bonchev–Trinajstić information content (AvgIpc) is 0.929. The van der Waals surface area contributed by atoms with Gasteiger partial charge in [0.15, 0.2) is 12.2 Å². The lowest BCUT2D eigenvalue weighted by Crippen LogP contribution is -2.30. The minimum atomic E-state index is -4.98. The van der Waals surface area contributed by atoms with Gasteiger partial charge in [0.2, 0.25) is 0 Å². The largest absolute Gasteiger partial charge is 0.472 e. The molecule has 100 heavy (non-hydrogen) atoms. The van der Waals surface area contributed by atoms with Gasteiger partial charge < -0.3 is 33.8 Å². The van der Waals surface area contributed by atoms with E-state index in [1.165, 1.54) is 83.5 Å². The van der Waals surface area contributed by atoms with Gasteiger partial charge in [0, 0.05) is 25.7 Å². The first-order valence-electron chi connectivity index (χ1n) is 39.8. The number of aliphatic hydroxyl groups is 1. The first-order chi connectivity index (χ1) is 48.7. The third-order valence-electron chi connectivity index (χ3n) is 16.8. The minimum absolute atomic E-state index is 0.0786. The molecule has 0 heterocycles. The second-order valence-electron chi connectivity index (χ2n) is 26.6. The second kappa shape index (κ2) is 73.5. The zero-order chi connectivity index (χ0) is 73.2. The maximum absolute atomic E-state index is 13.1. The van der Waals surface area contributed by atoms with Gasteiger partial charge in [-0.15, -0.1) is 0 Å². The standard InChI is InChI=1S/C81H144O17P2/c1-5-9-13-17-21-25-29-33-35-36-37-38-40-44-46-50-54-58-62-66-79(84)92-72-77(98-81(86)68-64-60-56-52-48-42-32-28-24-20-16-12-8-4)74-96-100(89,90)94-70-75(82)69-93-99(87,88)95-73-76(97-80(85)67-63-59-55-51-47-41-31-27-23-19-15-11-7-3)71-91-78(83)65-61-57-53-49-45-43-39-34-30-26-22-18-14-10-6-2/h15,19,21,25,27-28,31-35,37-39,75-77,82H,5-14,16-18,20,22-24,26,29-30,36,40-74H2,1-4H3,(H,87,88)(H,89,90)/b19-15-,25-21-,31-27-,32-28-,35-33-,38-37-,39-34-. The molecule has 0 fully saturated rings. The summed E-state index contributed by atoms with van der Waals surface area (Å²) in [6, 6.07) is 0. The molecule has 17 nitrogen and oxygen atoms in total. The van der Waals surface area contributed by atoms with E-state index in [9.17, 15) is 43.2 Å². The Balaban J connectivity index is 5.33. The van der Waals surface area contributed by atoms with Crippen molar-refractivity contribution in [1.82, 2.24) is 0 Å². The van der Waals surface area contributed by atoms with Gasteiger partial charge in [-0.3, -0.25) is 37.3 Å². The van der Waals surface area contributed by atoms with E-state index in [-0.39, 0.29) is 25.7 Å². The predicted molar refractivity (Wildman–Crippen MR) is 409 cm³/mol. The Morgan fingerprint density at radius 2 is 0.510 bits per heavy atom. The van der Waals surface area contributed by atoms with Gasteiger partial charge in [-0.05, 0) is 141 Å². The second-order valence-corrected chi connectivity index (χ2v) is 29.5. The molecular formula is C81H144O17P2. The smallest absolute Gasteiger partial charge is 0.462 e. The van der Waals surface area contributed by atoms with Crippen molar-refractivity contribution in [1.29, 1.82) is 0 Å². The van der Waals surface area contributed by atoms with Crippen LogP contribution in [0.1, 0.15) is 349 Å². The zero-order valence-corrected chi connectivity index (χ0v) is 65.2. The van der Waals surface area contributed by atoms with Crippen molar-refractivity contribution in [2.75, 3.05) is 39.6 Å². The molecule has 0 saturated heterocycles. The summed E-state index contributed by atoms with van der Waals surface area (Å²) in [5.41, 5.74) is 0. The molecule has 0 amide bonds. The number of hydrogen-bond acceptors (Lipinski definition) is 15. The molecule has 0 rings (SSSR count). The van der Waals surface area contributed by atoms with Crippen molar-refractivity contribution in [3.05, 3.63) is 85.1 Å². The molecule has 0 radical (unpaired) electrons. The van der Waals surface area contributed by atoms with E-state index in [1.54, 1.807) is 0 Å². The quantitative estimate of drug-likeness (QED) is 0.0169. The van der Waals surface area contributed by atoms with Crippen molar-refractivity contribution < 1.29 is 80.2 Å². The molecule has 0 bridgehead atoms. The molecule has 0 aromatic rings. The fourth-order valence-corrected chi connectivity index (χ4v) is 12.2. The Morgan fingerprint density at radius 3 is 0.830 bits per heavy atom. The molecule has 0 aromatic carbocycles. The van der Waals surface area contributed by atoms with E-state index in [2.05, 4.69) is 113 Å². The summed E-state index contributed by atoms with van der Waals surface area (Å²) in [6.07, 6.45) is 75.6. The van der Waals surface area contributed by atoms with Gasteiger partial charge in [0.25, 0.3) is 0 Å². The maximum Gasteiger partial charge on any atom is 0.472 e. The van der Waals surface area contributed by atoms with Crippen molar-refractivity contribution in [2.45, 2.75) is 367 Å². The maximum atomic E-state index is 13.1. The Morgan fingerprint density at radius 1 is 0.280 bits per heavy atom. The highest BCUT2D eigenvalue weighted by Gasteiger charge is 2.30. The number of phosphoric ester groups is 2. The molecule has 0 aliphatic carbocycles. The summed E-state index contributed by atoms with van der Waals surface area (Å²) < 4.78 is 68.5. The summed E-state index contributed by atoms with van der Waals surface area (Å²) >= 11 is 0. The molecule has 0 saturated carbocycles. The van der Waals surface area contributed by atoms with Crippen LogP contribution in [-0.2, 0) is 65.4 Å². The van der Waals surface area contributed by atoms with Gasteiger partial charge in [-0.2, -0.15) is 0 Å². The van der Waals surface area contributed by atoms with Gasteiger partial charge in [-0.25, -0.2) is 9.13 Å². The van der Waals surface area contributed by atoms with Crippen LogP contribution in [0.2, 0.25) is 0 Å². The van der Waals surface area contributed by atoms with E-state index in [0.29, 0.717) is 25.7 Å². The van der Waals surface area contributed by atoms with Crippen LogP contribution in [0.4, 0.5) is 0 Å². The van der Waals surface area contributed by atoms with E-state index in [0.717, 1.165) is 186 Å². The number of allylic oxidation sites excluding steroid dienone is 14. The summed E-state index contributed by atoms with van der Waals surface area (Å²) in [5, 5.41) is 10.6. The van der Waals surface area contributed by atoms with Crippen molar-refractivity contribution in [3.63, 3.8) is 0 Å². The van der Waals surface area contributed by atoms with Gasteiger partial charge in [-0.1, -0.05) is 267 Å². The monoisotopic (exact) mass is 1450 g/mol. The highest BCUT2D eigenvalue weighted by Crippen LogP contribution is 2.45. The third-order valence-corrected chi connectivity index (χ3v) is 18.7. The number of rotatable bonds is 75. The molecular weight excluding hydrogens is 1310 g/mol. The fourth-order valence-electron chi connectivity index (χ4n) is 10.7. The van der Waals surface area contributed by atoms with Crippen LogP contribution < -0.4 is 0 Å². The average molecular weight is 1450 g/mol. The number of unbranched alkanes of at least 4 members (excludes halogenated alkanes) is 35. The Kier molecular flexibility index (Phi) is 70.8. The van der Waals surface area contributed by atoms with Crippen molar-refractivity contribution in [3.8, 4) is 0 Å². The van der Waals surface area contributed by atoms with Crippen molar-refractivity contribution in [2.24, 2.45) is 0 Å². The number of carbonyl (C=O) groups is 4. The normalized spacial score (nSPS) is 14.3. The molecule has 580 valence electrons. The lowest BCUT2D eigenvalue weighted by molar-refractivity contribution is -0.161. The number of hydrogen-bond donors (Lipinski definition) is 3. The van der Waals surface area contributed by atoms with E-state index < -0.39 is 97.5 Å². The Hall–Kier alpha value is -3.76. The zero-order valence-electron chi connectivity index (χ0n) is 63.4. The van der Waals surface area contributed by atoms with Crippen LogP contribution in [-0.4, -0.2) is 96.7 Å². The highest BCUT2D eigenvalue weighted by molar-refractivity contribution is 7.47. The van der Waals surface area contributed by atoms with Crippen LogP contribution in [0.5, 0.6) is 0 Å². The predicted octanol–water partition coefficient (Wildman–Crippen LogP) is 23.0. The lowest BCUT2D eigenvalue weighted by atomic mass is 10.1.